The van der Waals surface area contributed by atoms with Gasteiger partial charge in [-0.05, 0) is 17.7 Å². The highest BCUT2D eigenvalue weighted by Gasteiger charge is 2.32. The standard InChI is InChI=1S/C19H19ClN2O3/c1-23-22-19-15-5-3-2-4-12(15)8-18(19)25-16-7-6-13(20)9-17(16)24-14-10-21-11-14/h2-7,9,14,18,21H,8,10-11H2,1H3/b22-19-. The van der Waals surface area contributed by atoms with Crippen molar-refractivity contribution in [3.8, 4) is 11.5 Å². The SMILES string of the molecule is CO/N=C1/c2ccccc2CC1Oc1ccc(Cl)cc1OC1CNC1. The molecule has 1 atom stereocenters. The maximum atomic E-state index is 6.26. The molecule has 1 aliphatic carbocycles. The number of halogens is 1. The van der Waals surface area contributed by atoms with Crippen molar-refractivity contribution < 1.29 is 14.3 Å². The Labute approximate surface area is 151 Å². The van der Waals surface area contributed by atoms with Crippen molar-refractivity contribution in [2.45, 2.75) is 18.6 Å². The van der Waals surface area contributed by atoms with Crippen LogP contribution in [0.2, 0.25) is 5.02 Å². The highest BCUT2D eigenvalue weighted by Crippen LogP contribution is 2.35. The fourth-order valence-corrected chi connectivity index (χ4v) is 3.23. The van der Waals surface area contributed by atoms with Gasteiger partial charge in [0.1, 0.15) is 25.0 Å². The molecule has 0 saturated carbocycles. The number of hydrogen-bond acceptors (Lipinski definition) is 5. The first kappa shape index (κ1) is 16.2. The molecule has 2 aromatic rings. The molecule has 130 valence electrons. The minimum Gasteiger partial charge on any atom is -0.484 e. The number of fused-ring (bicyclic) bond motifs is 1. The van der Waals surface area contributed by atoms with E-state index < -0.39 is 0 Å². The zero-order valence-corrected chi connectivity index (χ0v) is 14.6. The normalized spacial score (nSPS) is 20.9. The Kier molecular flexibility index (Phi) is 4.51. The maximum absolute atomic E-state index is 6.26. The highest BCUT2D eigenvalue weighted by atomic mass is 35.5. The number of hydrogen-bond donors (Lipinski definition) is 1. The van der Waals surface area contributed by atoms with Crippen molar-refractivity contribution in [2.24, 2.45) is 5.16 Å². The number of oxime groups is 1. The summed E-state index contributed by atoms with van der Waals surface area (Å²) in [7, 11) is 1.55. The molecule has 0 aromatic heterocycles. The number of rotatable bonds is 5. The Morgan fingerprint density at radius 1 is 1.08 bits per heavy atom. The average molecular weight is 359 g/mol. The van der Waals surface area contributed by atoms with Gasteiger partial charge in [-0.25, -0.2) is 0 Å². The Morgan fingerprint density at radius 2 is 1.92 bits per heavy atom. The molecule has 1 fully saturated rings. The second-order valence-corrected chi connectivity index (χ2v) is 6.55. The lowest BCUT2D eigenvalue weighted by Crippen LogP contribution is -2.50. The molecule has 1 aliphatic heterocycles. The molecule has 1 unspecified atom stereocenters. The average Bonchev–Trinajstić information content (AvgIpc) is 2.91. The van der Waals surface area contributed by atoms with Gasteiger partial charge in [-0.2, -0.15) is 0 Å². The van der Waals surface area contributed by atoms with E-state index in [0.717, 1.165) is 30.8 Å². The van der Waals surface area contributed by atoms with Crippen LogP contribution in [0.25, 0.3) is 0 Å². The fraction of sp³-hybridized carbons (Fsp3) is 0.316. The van der Waals surface area contributed by atoms with Gasteiger partial charge in [-0.3, -0.25) is 0 Å². The maximum Gasteiger partial charge on any atom is 0.163 e. The quantitative estimate of drug-likeness (QED) is 0.835. The molecular formula is C19H19ClN2O3. The monoisotopic (exact) mass is 358 g/mol. The third-order valence-corrected chi connectivity index (χ3v) is 4.64. The van der Waals surface area contributed by atoms with E-state index in [1.807, 2.05) is 24.3 Å². The lowest BCUT2D eigenvalue weighted by molar-refractivity contribution is 0.132. The summed E-state index contributed by atoms with van der Waals surface area (Å²) < 4.78 is 12.3. The first-order chi connectivity index (χ1) is 12.2. The number of nitrogens with one attached hydrogen (secondary N) is 1. The van der Waals surface area contributed by atoms with Crippen molar-refractivity contribution in [3.63, 3.8) is 0 Å². The lowest BCUT2D eigenvalue weighted by Gasteiger charge is -2.29. The van der Waals surface area contributed by atoms with Gasteiger partial charge in [0, 0.05) is 36.2 Å². The minimum atomic E-state index is -0.222. The highest BCUT2D eigenvalue weighted by molar-refractivity contribution is 6.30. The minimum absolute atomic E-state index is 0.147. The van der Waals surface area contributed by atoms with E-state index in [0.29, 0.717) is 16.5 Å². The van der Waals surface area contributed by atoms with Gasteiger partial charge in [0.15, 0.2) is 11.5 Å². The largest absolute Gasteiger partial charge is 0.484 e. The zero-order chi connectivity index (χ0) is 17.2. The molecule has 25 heavy (non-hydrogen) atoms. The molecule has 1 saturated heterocycles. The van der Waals surface area contributed by atoms with Crippen LogP contribution in [0.3, 0.4) is 0 Å². The van der Waals surface area contributed by atoms with Crippen molar-refractivity contribution in [3.05, 3.63) is 58.6 Å². The van der Waals surface area contributed by atoms with Crippen LogP contribution in [0.4, 0.5) is 0 Å². The zero-order valence-electron chi connectivity index (χ0n) is 13.9. The van der Waals surface area contributed by atoms with Gasteiger partial charge in [0.25, 0.3) is 0 Å². The summed E-state index contributed by atoms with van der Waals surface area (Å²) in [6, 6.07) is 13.6. The summed E-state index contributed by atoms with van der Waals surface area (Å²) in [6.07, 6.45) is 0.667. The van der Waals surface area contributed by atoms with E-state index >= 15 is 0 Å². The van der Waals surface area contributed by atoms with Gasteiger partial charge < -0.3 is 19.6 Å². The van der Waals surface area contributed by atoms with E-state index in [1.165, 1.54) is 5.56 Å². The summed E-state index contributed by atoms with van der Waals surface area (Å²) >= 11 is 6.13. The van der Waals surface area contributed by atoms with E-state index in [2.05, 4.69) is 16.5 Å². The molecule has 2 aliphatic rings. The van der Waals surface area contributed by atoms with E-state index in [9.17, 15) is 0 Å². The molecule has 4 rings (SSSR count). The number of benzene rings is 2. The fourth-order valence-electron chi connectivity index (χ4n) is 3.07. The molecule has 0 bridgehead atoms. The number of nitrogens with zero attached hydrogens (tertiary/aromatic N) is 1. The smallest absolute Gasteiger partial charge is 0.163 e. The van der Waals surface area contributed by atoms with Crippen molar-refractivity contribution >= 4 is 17.3 Å². The van der Waals surface area contributed by atoms with Crippen molar-refractivity contribution in [1.29, 1.82) is 0 Å². The van der Waals surface area contributed by atoms with Crippen LogP contribution in [0.1, 0.15) is 11.1 Å². The molecule has 0 radical (unpaired) electrons. The molecule has 1 heterocycles. The van der Waals surface area contributed by atoms with E-state index in [-0.39, 0.29) is 12.2 Å². The second-order valence-electron chi connectivity index (χ2n) is 6.12. The summed E-state index contributed by atoms with van der Waals surface area (Å²) in [5, 5.41) is 8.00. The van der Waals surface area contributed by atoms with Crippen LogP contribution in [0.15, 0.2) is 47.6 Å². The molecule has 0 spiro atoms. The van der Waals surface area contributed by atoms with Crippen LogP contribution in [0.5, 0.6) is 11.5 Å². The summed E-state index contributed by atoms with van der Waals surface area (Å²) in [6.45, 7) is 1.66. The number of ether oxygens (including phenoxy) is 2. The van der Waals surface area contributed by atoms with Gasteiger partial charge in [-0.15, -0.1) is 0 Å². The Bertz CT molecular complexity index is 805. The van der Waals surface area contributed by atoms with Crippen LogP contribution >= 0.6 is 11.6 Å². The Morgan fingerprint density at radius 3 is 2.68 bits per heavy atom. The molecule has 5 nitrogen and oxygen atoms in total. The predicted molar refractivity (Wildman–Crippen MR) is 96.8 cm³/mol. The third kappa shape index (κ3) is 3.30. The Balaban J connectivity index is 1.60. The molecular weight excluding hydrogens is 340 g/mol. The molecule has 1 N–H and O–H groups in total. The predicted octanol–water partition coefficient (Wildman–Crippen LogP) is 3.04. The molecule has 6 heteroatoms. The first-order valence-corrected chi connectivity index (χ1v) is 8.65. The summed E-state index contributed by atoms with van der Waals surface area (Å²) in [5.74, 6) is 1.32. The van der Waals surface area contributed by atoms with Crippen LogP contribution in [-0.4, -0.2) is 38.1 Å². The summed E-state index contributed by atoms with van der Waals surface area (Å²) in [5.41, 5.74) is 3.06. The van der Waals surface area contributed by atoms with Crippen molar-refractivity contribution in [1.82, 2.24) is 5.32 Å². The Hall–Kier alpha value is -2.24. The third-order valence-electron chi connectivity index (χ3n) is 4.41. The van der Waals surface area contributed by atoms with Gasteiger partial charge in [-0.1, -0.05) is 41.0 Å². The van der Waals surface area contributed by atoms with Crippen LogP contribution < -0.4 is 14.8 Å². The molecule has 0 amide bonds. The topological polar surface area (TPSA) is 52.1 Å². The van der Waals surface area contributed by atoms with Gasteiger partial charge >= 0.3 is 0 Å². The van der Waals surface area contributed by atoms with E-state index in [1.54, 1.807) is 19.2 Å². The van der Waals surface area contributed by atoms with Crippen LogP contribution in [-0.2, 0) is 11.3 Å². The van der Waals surface area contributed by atoms with E-state index in [4.69, 9.17) is 25.9 Å². The molecule has 2 aromatic carbocycles. The first-order valence-electron chi connectivity index (χ1n) is 8.27. The van der Waals surface area contributed by atoms with Gasteiger partial charge in [0.2, 0.25) is 0 Å². The van der Waals surface area contributed by atoms with Crippen LogP contribution in [0, 0.1) is 0 Å². The van der Waals surface area contributed by atoms with Gasteiger partial charge in [0.05, 0.1) is 0 Å². The second kappa shape index (κ2) is 6.94. The van der Waals surface area contributed by atoms with Crippen molar-refractivity contribution in [2.75, 3.05) is 20.2 Å². The lowest BCUT2D eigenvalue weighted by atomic mass is 10.1. The summed E-state index contributed by atoms with van der Waals surface area (Å²) in [4.78, 5) is 5.04.